The lowest BCUT2D eigenvalue weighted by atomic mass is 9.82. The van der Waals surface area contributed by atoms with Crippen molar-refractivity contribution in [3.63, 3.8) is 0 Å². The van der Waals surface area contributed by atoms with Crippen molar-refractivity contribution in [3.8, 4) is 0 Å². The Morgan fingerprint density at radius 3 is 1.86 bits per heavy atom. The molecule has 11 N–H and O–H groups in total. The highest BCUT2D eigenvalue weighted by molar-refractivity contribution is 5.04. The van der Waals surface area contributed by atoms with Crippen LogP contribution in [-0.2, 0) is 9.47 Å². The van der Waals surface area contributed by atoms with Crippen LogP contribution in [0.15, 0.2) is 0 Å². The highest BCUT2D eigenvalue weighted by atomic mass is 16.7. The molecule has 2 rings (SSSR count). The van der Waals surface area contributed by atoms with E-state index in [9.17, 15) is 25.5 Å². The van der Waals surface area contributed by atoms with Crippen LogP contribution in [0.25, 0.3) is 0 Å². The average molecular weight is 323 g/mol. The molecule has 0 aromatic heterocycles. The van der Waals surface area contributed by atoms with Gasteiger partial charge in [0.05, 0.1) is 30.3 Å². The summed E-state index contributed by atoms with van der Waals surface area (Å²) in [6.45, 7) is 1.52. The van der Waals surface area contributed by atoms with Gasteiger partial charge in [0, 0.05) is 0 Å². The molecule has 0 aromatic carbocycles. The normalized spacial score (nSPS) is 56.9. The first kappa shape index (κ1) is 17.9. The monoisotopic (exact) mass is 323 g/mol. The van der Waals surface area contributed by atoms with Crippen molar-refractivity contribution in [2.45, 2.75) is 74.1 Å². The molecule has 1 heterocycles. The second kappa shape index (κ2) is 6.61. The molecule has 1 saturated carbocycles. The van der Waals surface area contributed by atoms with Crippen molar-refractivity contribution in [1.82, 2.24) is 0 Å². The Bertz CT molecular complexity index is 374. The van der Waals surface area contributed by atoms with Gasteiger partial charge in [0.15, 0.2) is 6.29 Å². The SMILES string of the molecule is C[C@H]1O[C@H](OC2[C@@H](N)C(O)[C@@H](N)[C@H](O)[C@H]2O)[C@H](N)[C@@H](O)[C@@H]1O. The predicted octanol–water partition coefficient (Wildman–Crippen LogP) is -5.08. The van der Waals surface area contributed by atoms with E-state index >= 15 is 0 Å². The van der Waals surface area contributed by atoms with Crippen LogP contribution in [0.4, 0.5) is 0 Å². The molecule has 11 atom stereocenters. The first-order chi connectivity index (χ1) is 10.2. The van der Waals surface area contributed by atoms with Gasteiger partial charge in [-0.25, -0.2) is 0 Å². The summed E-state index contributed by atoms with van der Waals surface area (Å²) in [7, 11) is 0. The smallest absolute Gasteiger partial charge is 0.176 e. The number of nitrogens with two attached hydrogens (primary N) is 3. The lowest BCUT2D eigenvalue weighted by Gasteiger charge is -2.46. The zero-order chi connectivity index (χ0) is 16.8. The Morgan fingerprint density at radius 1 is 0.727 bits per heavy atom. The molecule has 22 heavy (non-hydrogen) atoms. The molecule has 0 amide bonds. The van der Waals surface area contributed by atoms with E-state index in [2.05, 4.69) is 0 Å². The summed E-state index contributed by atoms with van der Waals surface area (Å²) in [5.74, 6) is 0. The fourth-order valence-corrected chi connectivity index (χ4v) is 2.80. The molecule has 2 fully saturated rings. The molecule has 10 heteroatoms. The molecule has 1 aliphatic heterocycles. The molecule has 0 spiro atoms. The number of hydrogen-bond donors (Lipinski definition) is 8. The van der Waals surface area contributed by atoms with Crippen molar-refractivity contribution in [1.29, 1.82) is 0 Å². The zero-order valence-corrected chi connectivity index (χ0v) is 12.1. The minimum Gasteiger partial charge on any atom is -0.390 e. The molecule has 10 nitrogen and oxygen atoms in total. The van der Waals surface area contributed by atoms with Crippen LogP contribution in [-0.4, -0.2) is 92.7 Å². The second-order valence-corrected chi connectivity index (χ2v) is 6.00. The number of aliphatic hydroxyl groups excluding tert-OH is 5. The summed E-state index contributed by atoms with van der Waals surface area (Å²) in [5, 5.41) is 49.3. The minimum absolute atomic E-state index is 0.756. The van der Waals surface area contributed by atoms with E-state index in [0.29, 0.717) is 0 Å². The van der Waals surface area contributed by atoms with Crippen LogP contribution in [0.1, 0.15) is 6.92 Å². The van der Waals surface area contributed by atoms with E-state index in [-0.39, 0.29) is 0 Å². The van der Waals surface area contributed by atoms with Crippen LogP contribution in [0.5, 0.6) is 0 Å². The largest absolute Gasteiger partial charge is 0.390 e. The standard InChI is InChI=1S/C12H25N3O7/c1-2-6(16)9(19)5(15)12(21-2)22-11-4(14)7(17)3(13)8(18)10(11)20/h2-12,16-20H,13-15H2,1H3/t2-,3-,4+,5-,6-,7?,8+,9-,10-,11?,12-/m1/s1. The molecule has 130 valence electrons. The van der Waals surface area contributed by atoms with Gasteiger partial charge in [-0.15, -0.1) is 0 Å². The maximum atomic E-state index is 10.0. The van der Waals surface area contributed by atoms with Crippen LogP contribution < -0.4 is 17.2 Å². The fraction of sp³-hybridized carbons (Fsp3) is 1.00. The average Bonchev–Trinajstić information content (AvgIpc) is 2.50. The van der Waals surface area contributed by atoms with Gasteiger partial charge < -0.3 is 52.2 Å². The van der Waals surface area contributed by atoms with Gasteiger partial charge in [0.2, 0.25) is 0 Å². The first-order valence-electron chi connectivity index (χ1n) is 7.14. The molecule has 0 radical (unpaired) electrons. The minimum atomic E-state index is -1.46. The number of aliphatic hydroxyl groups is 5. The Kier molecular flexibility index (Phi) is 5.39. The quantitative estimate of drug-likeness (QED) is 0.243. The van der Waals surface area contributed by atoms with Crippen LogP contribution in [0.2, 0.25) is 0 Å². The van der Waals surface area contributed by atoms with Gasteiger partial charge in [-0.05, 0) is 6.92 Å². The summed E-state index contributed by atoms with van der Waals surface area (Å²) in [5.41, 5.74) is 17.1. The molecule has 1 aliphatic carbocycles. The van der Waals surface area contributed by atoms with Gasteiger partial charge in [0.25, 0.3) is 0 Å². The van der Waals surface area contributed by atoms with Gasteiger partial charge in [-0.2, -0.15) is 0 Å². The molecule has 1 saturated heterocycles. The Balaban J connectivity index is 2.11. The third kappa shape index (κ3) is 2.99. The van der Waals surface area contributed by atoms with Crippen LogP contribution in [0, 0.1) is 0 Å². The van der Waals surface area contributed by atoms with E-state index in [1.54, 1.807) is 0 Å². The number of rotatable bonds is 2. The van der Waals surface area contributed by atoms with Gasteiger partial charge in [-0.1, -0.05) is 0 Å². The summed E-state index contributed by atoms with van der Waals surface area (Å²) >= 11 is 0. The Labute approximate surface area is 127 Å². The topological polar surface area (TPSA) is 198 Å². The van der Waals surface area contributed by atoms with Crippen molar-refractivity contribution >= 4 is 0 Å². The third-order valence-corrected chi connectivity index (χ3v) is 4.43. The van der Waals surface area contributed by atoms with Crippen molar-refractivity contribution in [2.24, 2.45) is 17.2 Å². The van der Waals surface area contributed by atoms with Gasteiger partial charge in [-0.3, -0.25) is 0 Å². The fourth-order valence-electron chi connectivity index (χ4n) is 2.80. The van der Waals surface area contributed by atoms with Crippen molar-refractivity contribution < 1.29 is 35.0 Å². The summed E-state index contributed by atoms with van der Waals surface area (Å²) in [6, 6.07) is -3.28. The van der Waals surface area contributed by atoms with Crippen molar-refractivity contribution in [2.75, 3.05) is 0 Å². The maximum Gasteiger partial charge on any atom is 0.176 e. The number of hydrogen-bond acceptors (Lipinski definition) is 10. The maximum absolute atomic E-state index is 10.0. The summed E-state index contributed by atoms with van der Waals surface area (Å²) in [6.07, 6.45) is -9.78. The van der Waals surface area contributed by atoms with E-state index in [1.807, 2.05) is 0 Å². The Hall–Kier alpha value is -0.400. The molecular weight excluding hydrogens is 298 g/mol. The predicted molar refractivity (Wildman–Crippen MR) is 73.2 cm³/mol. The van der Waals surface area contributed by atoms with Crippen molar-refractivity contribution in [3.05, 3.63) is 0 Å². The van der Waals surface area contributed by atoms with E-state index in [1.165, 1.54) is 6.92 Å². The Morgan fingerprint density at radius 2 is 1.27 bits per heavy atom. The summed E-state index contributed by atoms with van der Waals surface area (Å²) < 4.78 is 10.8. The molecule has 2 unspecified atom stereocenters. The zero-order valence-electron chi connectivity index (χ0n) is 12.1. The van der Waals surface area contributed by atoms with Gasteiger partial charge in [0.1, 0.15) is 30.5 Å². The van der Waals surface area contributed by atoms with Crippen LogP contribution in [0.3, 0.4) is 0 Å². The molecule has 0 bridgehead atoms. The molecule has 2 aliphatic rings. The van der Waals surface area contributed by atoms with E-state index in [0.717, 1.165) is 0 Å². The number of ether oxygens (including phenoxy) is 2. The van der Waals surface area contributed by atoms with E-state index in [4.69, 9.17) is 26.7 Å². The lowest BCUT2D eigenvalue weighted by molar-refractivity contribution is -0.291. The molecular formula is C12H25N3O7. The first-order valence-corrected chi connectivity index (χ1v) is 7.14. The lowest BCUT2D eigenvalue weighted by Crippen LogP contribution is -2.71. The van der Waals surface area contributed by atoms with Gasteiger partial charge >= 0.3 is 0 Å². The van der Waals surface area contributed by atoms with Crippen LogP contribution >= 0.6 is 0 Å². The highest BCUT2D eigenvalue weighted by Crippen LogP contribution is 2.27. The van der Waals surface area contributed by atoms with E-state index < -0.39 is 67.1 Å². The third-order valence-electron chi connectivity index (χ3n) is 4.43. The highest BCUT2D eigenvalue weighted by Gasteiger charge is 2.50. The second-order valence-electron chi connectivity index (χ2n) is 6.00. The summed E-state index contributed by atoms with van der Waals surface area (Å²) in [4.78, 5) is 0. The molecule has 0 aromatic rings.